The number of ether oxygens (including phenoxy) is 2. The first-order chi connectivity index (χ1) is 15.0. The molecule has 1 aromatic heterocycles. The number of hydrogen-bond acceptors (Lipinski definition) is 4. The fourth-order valence-electron chi connectivity index (χ4n) is 3.69. The Hall–Kier alpha value is -3.22. The Morgan fingerprint density at radius 2 is 1.61 bits per heavy atom. The van der Waals surface area contributed by atoms with Crippen LogP contribution < -0.4 is 20.7 Å². The molecule has 0 aliphatic carbocycles. The standard InChI is InChI=1S/C23H16Cl2N2O4/c24-17-7-6-15(12-18(17)25)27-22(28)16-3-1-2-4-19(16)26(23(27)29)13-14-5-8-20-21(11-14)31-10-9-30-20/h1-8,11-12H,9-10,13H2. The van der Waals surface area contributed by atoms with Gasteiger partial charge in [-0.3, -0.25) is 9.36 Å². The molecule has 31 heavy (non-hydrogen) atoms. The van der Waals surface area contributed by atoms with Crippen LogP contribution in [0.4, 0.5) is 0 Å². The summed E-state index contributed by atoms with van der Waals surface area (Å²) in [4.78, 5) is 26.7. The van der Waals surface area contributed by atoms with Crippen molar-refractivity contribution in [1.82, 2.24) is 9.13 Å². The van der Waals surface area contributed by atoms with E-state index < -0.39 is 11.2 Å². The van der Waals surface area contributed by atoms with E-state index in [0.29, 0.717) is 46.3 Å². The highest BCUT2D eigenvalue weighted by Crippen LogP contribution is 2.31. The van der Waals surface area contributed by atoms with Crippen LogP contribution in [0.15, 0.2) is 70.3 Å². The molecule has 0 saturated heterocycles. The molecule has 0 saturated carbocycles. The van der Waals surface area contributed by atoms with Gasteiger partial charge in [-0.2, -0.15) is 0 Å². The molecule has 0 radical (unpaired) electrons. The molecule has 4 aromatic rings. The van der Waals surface area contributed by atoms with Crippen LogP contribution in [-0.4, -0.2) is 22.3 Å². The van der Waals surface area contributed by atoms with Crippen LogP contribution >= 0.6 is 23.2 Å². The molecule has 8 heteroatoms. The summed E-state index contributed by atoms with van der Waals surface area (Å²) in [6.45, 7) is 1.23. The van der Waals surface area contributed by atoms with Crippen LogP contribution in [0.25, 0.3) is 16.6 Å². The van der Waals surface area contributed by atoms with Gasteiger partial charge in [-0.1, -0.05) is 41.4 Å². The van der Waals surface area contributed by atoms with E-state index in [0.717, 1.165) is 10.1 Å². The maximum Gasteiger partial charge on any atom is 0.336 e. The molecular formula is C23H16Cl2N2O4. The smallest absolute Gasteiger partial charge is 0.336 e. The summed E-state index contributed by atoms with van der Waals surface area (Å²) in [6, 6.07) is 17.2. The molecule has 156 valence electrons. The highest BCUT2D eigenvalue weighted by atomic mass is 35.5. The van der Waals surface area contributed by atoms with Gasteiger partial charge in [0.15, 0.2) is 11.5 Å². The zero-order valence-corrected chi connectivity index (χ0v) is 17.7. The molecule has 6 nitrogen and oxygen atoms in total. The summed E-state index contributed by atoms with van der Waals surface area (Å²) in [5, 5.41) is 1.03. The van der Waals surface area contributed by atoms with Crippen molar-refractivity contribution in [3.8, 4) is 17.2 Å². The van der Waals surface area contributed by atoms with Gasteiger partial charge in [0.1, 0.15) is 13.2 Å². The van der Waals surface area contributed by atoms with Gasteiger partial charge in [-0.25, -0.2) is 9.36 Å². The second-order valence-electron chi connectivity index (χ2n) is 7.10. The predicted molar refractivity (Wildman–Crippen MR) is 120 cm³/mol. The highest BCUT2D eigenvalue weighted by molar-refractivity contribution is 6.42. The van der Waals surface area contributed by atoms with Gasteiger partial charge in [-0.15, -0.1) is 0 Å². The largest absolute Gasteiger partial charge is 0.486 e. The zero-order chi connectivity index (χ0) is 21.5. The van der Waals surface area contributed by atoms with Crippen molar-refractivity contribution in [1.29, 1.82) is 0 Å². The van der Waals surface area contributed by atoms with Gasteiger partial charge in [0.2, 0.25) is 0 Å². The second kappa shape index (κ2) is 7.80. The molecule has 3 aromatic carbocycles. The van der Waals surface area contributed by atoms with E-state index in [1.165, 1.54) is 6.07 Å². The minimum atomic E-state index is -0.475. The Bertz CT molecular complexity index is 1440. The minimum Gasteiger partial charge on any atom is -0.486 e. The quantitative estimate of drug-likeness (QED) is 0.463. The van der Waals surface area contributed by atoms with E-state index >= 15 is 0 Å². The lowest BCUT2D eigenvalue weighted by molar-refractivity contribution is 0.171. The van der Waals surface area contributed by atoms with Crippen molar-refractivity contribution in [2.45, 2.75) is 6.54 Å². The third-order valence-electron chi connectivity index (χ3n) is 5.16. The Balaban J connectivity index is 1.72. The fourth-order valence-corrected chi connectivity index (χ4v) is 3.99. The summed E-state index contributed by atoms with van der Waals surface area (Å²) < 4.78 is 13.9. The van der Waals surface area contributed by atoms with E-state index in [2.05, 4.69) is 0 Å². The average Bonchev–Trinajstić information content (AvgIpc) is 2.79. The van der Waals surface area contributed by atoms with E-state index in [9.17, 15) is 9.59 Å². The van der Waals surface area contributed by atoms with Crippen molar-refractivity contribution in [2.75, 3.05) is 13.2 Å². The minimum absolute atomic E-state index is 0.248. The lowest BCUT2D eigenvalue weighted by Crippen LogP contribution is -2.39. The molecule has 1 aliphatic heterocycles. The van der Waals surface area contributed by atoms with Crippen molar-refractivity contribution >= 4 is 34.1 Å². The molecule has 0 unspecified atom stereocenters. The van der Waals surface area contributed by atoms with Gasteiger partial charge < -0.3 is 9.47 Å². The molecule has 2 heterocycles. The van der Waals surface area contributed by atoms with E-state index in [4.69, 9.17) is 32.7 Å². The SMILES string of the molecule is O=c1c2ccccc2n(Cc2ccc3c(c2)OCCO3)c(=O)n1-c1ccc(Cl)c(Cl)c1. The Morgan fingerprint density at radius 1 is 0.839 bits per heavy atom. The fraction of sp³-hybridized carbons (Fsp3) is 0.130. The molecule has 0 amide bonds. The normalized spacial score (nSPS) is 12.8. The number of rotatable bonds is 3. The molecular weight excluding hydrogens is 439 g/mol. The maximum absolute atomic E-state index is 13.5. The van der Waals surface area contributed by atoms with Crippen LogP contribution in [0.3, 0.4) is 0 Å². The van der Waals surface area contributed by atoms with Crippen molar-refractivity contribution in [2.24, 2.45) is 0 Å². The van der Waals surface area contributed by atoms with Crippen LogP contribution in [0.2, 0.25) is 10.0 Å². The van der Waals surface area contributed by atoms with Gasteiger partial charge in [0, 0.05) is 0 Å². The molecule has 0 fully saturated rings. The molecule has 1 aliphatic rings. The number of para-hydroxylation sites is 1. The van der Waals surface area contributed by atoms with Crippen LogP contribution in [0, 0.1) is 0 Å². The van der Waals surface area contributed by atoms with E-state index in [1.807, 2.05) is 18.2 Å². The monoisotopic (exact) mass is 454 g/mol. The first kappa shape index (κ1) is 19.7. The van der Waals surface area contributed by atoms with Crippen molar-refractivity contribution in [3.05, 3.63) is 97.1 Å². The van der Waals surface area contributed by atoms with Crippen molar-refractivity contribution < 1.29 is 9.47 Å². The van der Waals surface area contributed by atoms with E-state index in [-0.39, 0.29) is 11.6 Å². The topological polar surface area (TPSA) is 62.5 Å². The Labute approximate surface area is 186 Å². The summed E-state index contributed by atoms with van der Waals surface area (Å²) in [5.74, 6) is 1.31. The summed E-state index contributed by atoms with van der Waals surface area (Å²) in [7, 11) is 0. The van der Waals surface area contributed by atoms with Gasteiger partial charge in [0.25, 0.3) is 5.56 Å². The van der Waals surface area contributed by atoms with Crippen LogP contribution in [0.5, 0.6) is 11.5 Å². The number of halogens is 2. The maximum atomic E-state index is 13.5. The second-order valence-corrected chi connectivity index (χ2v) is 7.92. The molecule has 0 spiro atoms. The molecule has 0 N–H and O–H groups in total. The first-order valence-electron chi connectivity index (χ1n) is 9.61. The lowest BCUT2D eigenvalue weighted by atomic mass is 10.1. The van der Waals surface area contributed by atoms with E-state index in [1.54, 1.807) is 41.0 Å². The predicted octanol–water partition coefficient (Wildman–Crippen LogP) is 4.28. The number of fused-ring (bicyclic) bond motifs is 2. The average molecular weight is 455 g/mol. The van der Waals surface area contributed by atoms with Crippen LogP contribution in [-0.2, 0) is 6.54 Å². The lowest BCUT2D eigenvalue weighted by Gasteiger charge is -2.19. The zero-order valence-electron chi connectivity index (χ0n) is 16.2. The Morgan fingerprint density at radius 3 is 2.42 bits per heavy atom. The number of hydrogen-bond donors (Lipinski definition) is 0. The molecule has 5 rings (SSSR count). The van der Waals surface area contributed by atoms with Crippen LogP contribution in [0.1, 0.15) is 5.56 Å². The number of nitrogens with zero attached hydrogens (tertiary/aromatic N) is 2. The molecule has 0 atom stereocenters. The Kier molecular flexibility index (Phi) is 4.96. The van der Waals surface area contributed by atoms with Gasteiger partial charge in [-0.05, 0) is 48.0 Å². The number of aromatic nitrogens is 2. The summed E-state index contributed by atoms with van der Waals surface area (Å²) in [6.07, 6.45) is 0. The summed E-state index contributed by atoms with van der Waals surface area (Å²) in [5.41, 5.74) is 0.847. The van der Waals surface area contributed by atoms with Gasteiger partial charge in [0.05, 0.1) is 33.2 Å². The van der Waals surface area contributed by atoms with Gasteiger partial charge >= 0.3 is 5.69 Å². The third kappa shape index (κ3) is 3.48. The molecule has 0 bridgehead atoms. The number of benzene rings is 3. The summed E-state index contributed by atoms with van der Waals surface area (Å²) >= 11 is 12.2. The highest BCUT2D eigenvalue weighted by Gasteiger charge is 2.17. The first-order valence-corrected chi connectivity index (χ1v) is 10.4. The third-order valence-corrected chi connectivity index (χ3v) is 5.90. The van der Waals surface area contributed by atoms with Crippen molar-refractivity contribution in [3.63, 3.8) is 0 Å².